The van der Waals surface area contributed by atoms with Gasteiger partial charge in [0.05, 0.1) is 33.2 Å². The minimum Gasteiger partial charge on any atom is -0.375 e. The number of pyridine rings is 1. The Hall–Kier alpha value is -1.72. The highest BCUT2D eigenvalue weighted by Gasteiger charge is 2.13. The van der Waals surface area contributed by atoms with Crippen LogP contribution < -0.4 is 5.32 Å². The van der Waals surface area contributed by atoms with Crippen LogP contribution in [0, 0.1) is 5.82 Å². The lowest BCUT2D eigenvalue weighted by atomic mass is 10.1. The molecule has 0 aliphatic heterocycles. The van der Waals surface area contributed by atoms with Crippen molar-refractivity contribution >= 4 is 38.8 Å². The Morgan fingerprint density at radius 3 is 3.00 bits per heavy atom. The minimum atomic E-state index is -0.353. The average Bonchev–Trinajstić information content (AvgIpc) is 2.90. The fourth-order valence-corrected chi connectivity index (χ4v) is 2.90. The maximum Gasteiger partial charge on any atom is 0.141 e. The van der Waals surface area contributed by atoms with Crippen LogP contribution in [0.2, 0.25) is 5.02 Å². The van der Waals surface area contributed by atoms with Gasteiger partial charge in [-0.05, 0) is 30.7 Å². The molecule has 0 radical (unpaired) electrons. The highest BCUT2D eigenvalue weighted by Crippen LogP contribution is 2.34. The van der Waals surface area contributed by atoms with Gasteiger partial charge in [0.15, 0.2) is 0 Å². The first-order valence-electron chi connectivity index (χ1n) is 6.04. The fraction of sp³-hybridized carbons (Fsp3) is 0.143. The first-order valence-corrected chi connectivity index (χ1v) is 7.29. The Balaban J connectivity index is 1.96. The van der Waals surface area contributed by atoms with Crippen molar-refractivity contribution in [1.82, 2.24) is 9.97 Å². The number of aromatic nitrogens is 2. The number of anilines is 1. The Bertz CT molecular complexity index is 759. The molecule has 0 amide bonds. The van der Waals surface area contributed by atoms with Gasteiger partial charge < -0.3 is 5.32 Å². The Morgan fingerprint density at radius 2 is 2.20 bits per heavy atom. The monoisotopic (exact) mass is 307 g/mol. The molecule has 0 bridgehead atoms. The first kappa shape index (κ1) is 13.3. The van der Waals surface area contributed by atoms with Crippen molar-refractivity contribution in [3.8, 4) is 0 Å². The van der Waals surface area contributed by atoms with Gasteiger partial charge >= 0.3 is 0 Å². The maximum absolute atomic E-state index is 13.2. The third-order valence-electron chi connectivity index (χ3n) is 3.04. The van der Waals surface area contributed by atoms with E-state index < -0.39 is 0 Å². The van der Waals surface area contributed by atoms with Crippen LogP contribution in [0.15, 0.2) is 36.1 Å². The van der Waals surface area contributed by atoms with Crippen LogP contribution in [0.3, 0.4) is 0 Å². The van der Waals surface area contributed by atoms with Crippen molar-refractivity contribution in [2.24, 2.45) is 0 Å². The number of hydrogen-bond acceptors (Lipinski definition) is 4. The molecule has 3 aromatic rings. The summed E-state index contributed by atoms with van der Waals surface area (Å²) in [7, 11) is 0. The summed E-state index contributed by atoms with van der Waals surface area (Å²) in [6.07, 6.45) is 2.82. The number of thiazole rings is 1. The normalized spacial score (nSPS) is 12.6. The molecular formula is C14H11ClFN3S. The summed E-state index contributed by atoms with van der Waals surface area (Å²) >= 11 is 7.79. The second-order valence-electron chi connectivity index (χ2n) is 4.42. The molecule has 1 N–H and O–H groups in total. The zero-order valence-electron chi connectivity index (χ0n) is 10.6. The van der Waals surface area contributed by atoms with Gasteiger partial charge in [-0.25, -0.2) is 9.37 Å². The van der Waals surface area contributed by atoms with Crippen LogP contribution in [0.5, 0.6) is 0 Å². The summed E-state index contributed by atoms with van der Waals surface area (Å²) in [4.78, 5) is 8.19. The molecule has 2 heterocycles. The summed E-state index contributed by atoms with van der Waals surface area (Å²) in [6.45, 7) is 1.93. The molecule has 3 nitrogen and oxygen atoms in total. The van der Waals surface area contributed by atoms with Gasteiger partial charge in [-0.15, -0.1) is 11.3 Å². The van der Waals surface area contributed by atoms with Crippen LogP contribution in [0.1, 0.15) is 18.5 Å². The third-order valence-corrected chi connectivity index (χ3v) is 4.15. The lowest BCUT2D eigenvalue weighted by Gasteiger charge is -2.17. The molecule has 2 aromatic heterocycles. The van der Waals surface area contributed by atoms with Crippen LogP contribution in [0.4, 0.5) is 10.1 Å². The van der Waals surface area contributed by atoms with Gasteiger partial charge in [0, 0.05) is 6.20 Å². The molecule has 102 valence electrons. The van der Waals surface area contributed by atoms with Crippen molar-refractivity contribution in [2.45, 2.75) is 13.0 Å². The number of benzene rings is 1. The van der Waals surface area contributed by atoms with E-state index in [0.717, 1.165) is 21.5 Å². The predicted molar refractivity (Wildman–Crippen MR) is 80.9 cm³/mol. The van der Waals surface area contributed by atoms with Crippen molar-refractivity contribution in [2.75, 3.05) is 5.32 Å². The van der Waals surface area contributed by atoms with E-state index in [2.05, 4.69) is 15.3 Å². The lowest BCUT2D eigenvalue weighted by molar-refractivity contribution is 0.616. The molecule has 3 rings (SSSR count). The molecule has 0 aliphatic carbocycles. The average molecular weight is 308 g/mol. The molecular weight excluding hydrogens is 297 g/mol. The zero-order chi connectivity index (χ0) is 14.1. The van der Waals surface area contributed by atoms with E-state index in [9.17, 15) is 4.39 Å². The number of nitrogens with one attached hydrogen (secondary N) is 1. The highest BCUT2D eigenvalue weighted by atomic mass is 35.5. The third kappa shape index (κ3) is 2.46. The van der Waals surface area contributed by atoms with Gasteiger partial charge in [0.1, 0.15) is 11.3 Å². The molecule has 1 aromatic carbocycles. The molecule has 0 saturated carbocycles. The second kappa shape index (κ2) is 5.34. The van der Waals surface area contributed by atoms with Crippen LogP contribution in [-0.2, 0) is 0 Å². The van der Waals surface area contributed by atoms with E-state index in [1.54, 1.807) is 23.0 Å². The molecule has 0 aliphatic rings. The molecule has 6 heteroatoms. The first-order chi connectivity index (χ1) is 9.65. The molecule has 0 fully saturated rings. The van der Waals surface area contributed by atoms with E-state index in [-0.39, 0.29) is 11.9 Å². The quantitative estimate of drug-likeness (QED) is 0.765. The van der Waals surface area contributed by atoms with Gasteiger partial charge in [-0.2, -0.15) is 0 Å². The number of nitrogens with zero attached hydrogens (tertiary/aromatic N) is 2. The second-order valence-corrected chi connectivity index (χ2v) is 5.72. The summed E-state index contributed by atoms with van der Waals surface area (Å²) in [5.74, 6) is -0.353. The molecule has 1 unspecified atom stereocenters. The van der Waals surface area contributed by atoms with Crippen LogP contribution in [0.25, 0.3) is 10.2 Å². The van der Waals surface area contributed by atoms with E-state index in [1.807, 2.05) is 19.1 Å². The topological polar surface area (TPSA) is 37.8 Å². The van der Waals surface area contributed by atoms with Crippen LogP contribution in [-0.4, -0.2) is 9.97 Å². The summed E-state index contributed by atoms with van der Waals surface area (Å²) < 4.78 is 14.3. The summed E-state index contributed by atoms with van der Waals surface area (Å²) in [5, 5.41) is 3.89. The van der Waals surface area contributed by atoms with Crippen molar-refractivity contribution in [3.05, 3.63) is 52.5 Å². The predicted octanol–water partition coefficient (Wildman–Crippen LogP) is 4.66. The van der Waals surface area contributed by atoms with Gasteiger partial charge in [-0.1, -0.05) is 11.6 Å². The number of halogens is 2. The number of rotatable bonds is 3. The fourth-order valence-electron chi connectivity index (χ4n) is 2.01. The van der Waals surface area contributed by atoms with E-state index in [0.29, 0.717) is 5.02 Å². The Morgan fingerprint density at radius 1 is 1.35 bits per heavy atom. The highest BCUT2D eigenvalue weighted by molar-refractivity contribution is 7.16. The number of hydrogen-bond donors (Lipinski definition) is 1. The van der Waals surface area contributed by atoms with Gasteiger partial charge in [0.25, 0.3) is 0 Å². The van der Waals surface area contributed by atoms with Crippen molar-refractivity contribution in [1.29, 1.82) is 0 Å². The van der Waals surface area contributed by atoms with Crippen LogP contribution >= 0.6 is 22.9 Å². The summed E-state index contributed by atoms with van der Waals surface area (Å²) in [6, 6.07) is 5.11. The maximum atomic E-state index is 13.2. The largest absolute Gasteiger partial charge is 0.375 e. The molecule has 0 saturated heterocycles. The SMILES string of the molecule is CC(Nc1c(Cl)ccc2scnc12)c1cncc(F)c1. The van der Waals surface area contributed by atoms with Gasteiger partial charge in [0.2, 0.25) is 0 Å². The smallest absolute Gasteiger partial charge is 0.141 e. The van der Waals surface area contributed by atoms with E-state index in [1.165, 1.54) is 12.3 Å². The molecule has 0 spiro atoms. The summed E-state index contributed by atoms with van der Waals surface area (Å²) in [5.41, 5.74) is 4.13. The Labute approximate surface area is 124 Å². The standard InChI is InChI=1S/C14H11ClFN3S/c1-8(9-4-10(16)6-17-5-9)19-13-11(15)2-3-12-14(13)18-7-20-12/h2-8,19H,1H3. The van der Waals surface area contributed by atoms with Gasteiger partial charge in [-0.3, -0.25) is 4.98 Å². The van der Waals surface area contributed by atoms with Crippen molar-refractivity contribution in [3.63, 3.8) is 0 Å². The lowest BCUT2D eigenvalue weighted by Crippen LogP contribution is -2.08. The van der Waals surface area contributed by atoms with E-state index in [4.69, 9.17) is 11.6 Å². The minimum absolute atomic E-state index is 0.122. The zero-order valence-corrected chi connectivity index (χ0v) is 12.2. The Kier molecular flexibility index (Phi) is 3.54. The van der Waals surface area contributed by atoms with Crippen molar-refractivity contribution < 1.29 is 4.39 Å². The van der Waals surface area contributed by atoms with E-state index >= 15 is 0 Å². The number of fused-ring (bicyclic) bond motifs is 1. The molecule has 1 atom stereocenters. The molecule has 20 heavy (non-hydrogen) atoms.